The summed E-state index contributed by atoms with van der Waals surface area (Å²) >= 11 is 0. The Bertz CT molecular complexity index is 869. The van der Waals surface area contributed by atoms with Crippen molar-refractivity contribution in [3.63, 3.8) is 0 Å². The van der Waals surface area contributed by atoms with Crippen molar-refractivity contribution < 1.29 is 9.47 Å². The molecule has 144 valence electrons. The Labute approximate surface area is 167 Å². The number of benzene rings is 3. The number of hydrogen-bond donors (Lipinski definition) is 1. The molecule has 1 unspecified atom stereocenters. The first-order valence-electron chi connectivity index (χ1n) is 9.89. The first kappa shape index (κ1) is 18.6. The second-order valence-corrected chi connectivity index (χ2v) is 7.24. The molecule has 1 N–H and O–H groups in total. The van der Waals surface area contributed by atoms with Crippen LogP contribution >= 0.6 is 0 Å². The number of nitrogens with one attached hydrogen (secondary N) is 1. The Morgan fingerprint density at radius 1 is 0.857 bits per heavy atom. The summed E-state index contributed by atoms with van der Waals surface area (Å²) in [4.78, 5) is 0. The van der Waals surface area contributed by atoms with Crippen molar-refractivity contribution in [1.29, 1.82) is 0 Å². The molecule has 0 bridgehead atoms. The highest BCUT2D eigenvalue weighted by atomic mass is 16.5. The van der Waals surface area contributed by atoms with Gasteiger partial charge < -0.3 is 14.8 Å². The van der Waals surface area contributed by atoms with Gasteiger partial charge in [-0.2, -0.15) is 0 Å². The van der Waals surface area contributed by atoms with Crippen molar-refractivity contribution in [2.24, 2.45) is 0 Å². The molecule has 1 aliphatic rings. The van der Waals surface area contributed by atoms with Crippen LogP contribution in [0.1, 0.15) is 40.6 Å². The zero-order chi connectivity index (χ0) is 19.3. The molecule has 1 aliphatic heterocycles. The molecule has 4 rings (SSSR count). The van der Waals surface area contributed by atoms with Gasteiger partial charge in [-0.15, -0.1) is 0 Å². The predicted octanol–water partition coefficient (Wildman–Crippen LogP) is 5.11. The van der Waals surface area contributed by atoms with Crippen LogP contribution < -0.4 is 14.8 Å². The third-order valence-corrected chi connectivity index (χ3v) is 5.70. The summed E-state index contributed by atoms with van der Waals surface area (Å²) in [6.45, 7) is 0.942. The van der Waals surface area contributed by atoms with E-state index < -0.39 is 0 Å². The lowest BCUT2D eigenvalue weighted by Gasteiger charge is -2.32. The highest BCUT2D eigenvalue weighted by Gasteiger charge is 2.28. The SMILES string of the molecule is COc1ccc2c(c1OC)CCNC2CC(c1ccccc1)c1ccccc1. The molecule has 0 fully saturated rings. The summed E-state index contributed by atoms with van der Waals surface area (Å²) in [5.41, 5.74) is 5.29. The van der Waals surface area contributed by atoms with Gasteiger partial charge in [-0.05, 0) is 42.1 Å². The second-order valence-electron chi connectivity index (χ2n) is 7.24. The first-order chi connectivity index (χ1) is 13.8. The fourth-order valence-electron chi connectivity index (χ4n) is 4.35. The van der Waals surface area contributed by atoms with E-state index in [2.05, 4.69) is 72.0 Å². The van der Waals surface area contributed by atoms with Gasteiger partial charge in [-0.25, -0.2) is 0 Å². The zero-order valence-electron chi connectivity index (χ0n) is 16.5. The summed E-state index contributed by atoms with van der Waals surface area (Å²) in [5, 5.41) is 3.74. The maximum absolute atomic E-state index is 5.70. The van der Waals surface area contributed by atoms with Gasteiger partial charge in [0.05, 0.1) is 14.2 Å². The van der Waals surface area contributed by atoms with E-state index in [4.69, 9.17) is 9.47 Å². The fourth-order valence-corrected chi connectivity index (χ4v) is 4.35. The molecule has 1 heterocycles. The molecule has 3 aromatic carbocycles. The fraction of sp³-hybridized carbons (Fsp3) is 0.280. The molecule has 0 saturated carbocycles. The van der Waals surface area contributed by atoms with Gasteiger partial charge in [-0.1, -0.05) is 66.7 Å². The van der Waals surface area contributed by atoms with E-state index >= 15 is 0 Å². The van der Waals surface area contributed by atoms with Gasteiger partial charge in [0.15, 0.2) is 11.5 Å². The number of ether oxygens (including phenoxy) is 2. The lowest BCUT2D eigenvalue weighted by atomic mass is 9.81. The average Bonchev–Trinajstić information content (AvgIpc) is 2.77. The van der Waals surface area contributed by atoms with E-state index in [1.54, 1.807) is 14.2 Å². The van der Waals surface area contributed by atoms with Crippen molar-refractivity contribution in [3.8, 4) is 11.5 Å². The van der Waals surface area contributed by atoms with E-state index in [-0.39, 0.29) is 6.04 Å². The molecule has 28 heavy (non-hydrogen) atoms. The Balaban J connectivity index is 1.71. The van der Waals surface area contributed by atoms with E-state index in [9.17, 15) is 0 Å². The average molecular weight is 373 g/mol. The van der Waals surface area contributed by atoms with Gasteiger partial charge in [0.2, 0.25) is 0 Å². The number of methoxy groups -OCH3 is 2. The molecule has 0 aliphatic carbocycles. The van der Waals surface area contributed by atoms with Crippen LogP contribution in [0.25, 0.3) is 0 Å². The summed E-state index contributed by atoms with van der Waals surface area (Å²) in [6, 6.07) is 26.1. The Morgan fingerprint density at radius 2 is 1.50 bits per heavy atom. The zero-order valence-corrected chi connectivity index (χ0v) is 16.5. The summed E-state index contributed by atoms with van der Waals surface area (Å²) in [7, 11) is 3.43. The normalized spacial score (nSPS) is 15.9. The van der Waals surface area contributed by atoms with E-state index in [1.165, 1.54) is 22.3 Å². The van der Waals surface area contributed by atoms with Crippen LogP contribution in [-0.4, -0.2) is 20.8 Å². The minimum atomic E-state index is 0.272. The highest BCUT2D eigenvalue weighted by molar-refractivity contribution is 5.53. The predicted molar refractivity (Wildman–Crippen MR) is 113 cm³/mol. The third-order valence-electron chi connectivity index (χ3n) is 5.70. The lowest BCUT2D eigenvalue weighted by molar-refractivity contribution is 0.345. The Morgan fingerprint density at radius 3 is 2.07 bits per heavy atom. The van der Waals surface area contributed by atoms with Crippen molar-refractivity contribution in [2.45, 2.75) is 24.8 Å². The van der Waals surface area contributed by atoms with Crippen LogP contribution in [0.4, 0.5) is 0 Å². The maximum Gasteiger partial charge on any atom is 0.164 e. The largest absolute Gasteiger partial charge is 0.493 e. The van der Waals surface area contributed by atoms with E-state index in [1.807, 2.05) is 6.07 Å². The molecule has 3 nitrogen and oxygen atoms in total. The highest BCUT2D eigenvalue weighted by Crippen LogP contribution is 2.41. The van der Waals surface area contributed by atoms with Crippen molar-refractivity contribution in [2.75, 3.05) is 20.8 Å². The molecule has 1 atom stereocenters. The number of fused-ring (bicyclic) bond motifs is 1. The van der Waals surface area contributed by atoms with E-state index in [0.717, 1.165) is 30.9 Å². The number of hydrogen-bond acceptors (Lipinski definition) is 3. The quantitative estimate of drug-likeness (QED) is 0.651. The monoisotopic (exact) mass is 373 g/mol. The standard InChI is InChI=1S/C25H27NO2/c1-27-24-14-13-20-21(25(24)28-2)15-16-26-23(20)17-22(18-9-5-3-6-10-18)19-11-7-4-8-12-19/h3-14,22-23,26H,15-17H2,1-2H3. The molecule has 0 spiro atoms. The van der Waals surface area contributed by atoms with Gasteiger partial charge in [0, 0.05) is 17.5 Å². The minimum absolute atomic E-state index is 0.272. The maximum atomic E-state index is 5.70. The second kappa shape index (κ2) is 8.49. The first-order valence-corrected chi connectivity index (χ1v) is 9.89. The lowest BCUT2D eigenvalue weighted by Crippen LogP contribution is -2.31. The molecule has 3 aromatic rings. The smallest absolute Gasteiger partial charge is 0.164 e. The molecule has 0 aromatic heterocycles. The van der Waals surface area contributed by atoms with Crippen molar-refractivity contribution >= 4 is 0 Å². The van der Waals surface area contributed by atoms with Gasteiger partial charge >= 0.3 is 0 Å². The summed E-state index contributed by atoms with van der Waals surface area (Å²) < 4.78 is 11.2. The summed E-state index contributed by atoms with van der Waals surface area (Å²) in [6.07, 6.45) is 1.95. The van der Waals surface area contributed by atoms with Crippen LogP contribution in [-0.2, 0) is 6.42 Å². The Hall–Kier alpha value is -2.78. The van der Waals surface area contributed by atoms with Crippen LogP contribution in [0.15, 0.2) is 72.8 Å². The topological polar surface area (TPSA) is 30.5 Å². The molecule has 3 heteroatoms. The third kappa shape index (κ3) is 3.63. The Kier molecular flexibility index (Phi) is 5.63. The molecule has 0 radical (unpaired) electrons. The summed E-state index contributed by atoms with van der Waals surface area (Å²) in [5.74, 6) is 2.02. The molecular formula is C25H27NO2. The van der Waals surface area contributed by atoms with E-state index in [0.29, 0.717) is 5.92 Å². The minimum Gasteiger partial charge on any atom is -0.493 e. The van der Waals surface area contributed by atoms with Gasteiger partial charge in [-0.3, -0.25) is 0 Å². The van der Waals surface area contributed by atoms with Gasteiger partial charge in [0.25, 0.3) is 0 Å². The van der Waals surface area contributed by atoms with Crippen molar-refractivity contribution in [1.82, 2.24) is 5.32 Å². The van der Waals surface area contributed by atoms with Crippen LogP contribution in [0, 0.1) is 0 Å². The van der Waals surface area contributed by atoms with Crippen LogP contribution in [0.3, 0.4) is 0 Å². The number of rotatable bonds is 6. The van der Waals surface area contributed by atoms with Crippen LogP contribution in [0.2, 0.25) is 0 Å². The van der Waals surface area contributed by atoms with Crippen LogP contribution in [0.5, 0.6) is 11.5 Å². The van der Waals surface area contributed by atoms with Gasteiger partial charge in [0.1, 0.15) is 0 Å². The van der Waals surface area contributed by atoms with Crippen molar-refractivity contribution in [3.05, 3.63) is 95.1 Å². The molecule has 0 saturated heterocycles. The molecule has 0 amide bonds. The molecular weight excluding hydrogens is 346 g/mol.